The van der Waals surface area contributed by atoms with Gasteiger partial charge in [-0.3, -0.25) is 9.59 Å². The number of thiophene rings is 1. The summed E-state index contributed by atoms with van der Waals surface area (Å²) in [5, 5.41) is 12.5. The van der Waals surface area contributed by atoms with Crippen LogP contribution in [0.2, 0.25) is 0 Å². The molecular weight excluding hydrogens is 252 g/mol. The molecule has 0 aliphatic heterocycles. The van der Waals surface area contributed by atoms with Crippen molar-refractivity contribution in [2.45, 2.75) is 32.6 Å². The lowest BCUT2D eigenvalue weighted by molar-refractivity contribution is -0.150. The molecule has 1 aromatic rings. The van der Waals surface area contributed by atoms with E-state index in [4.69, 9.17) is 9.84 Å². The van der Waals surface area contributed by atoms with Crippen molar-refractivity contribution in [3.05, 3.63) is 22.4 Å². The zero-order valence-electron chi connectivity index (χ0n) is 10.4. The van der Waals surface area contributed by atoms with Crippen LogP contribution in [0.25, 0.3) is 0 Å². The number of aliphatic carboxylic acids is 1. The SMILES string of the molecule is CCC(CCc1ccsc1)C(=O)OCCC(=O)O. The third-order valence-electron chi connectivity index (χ3n) is 2.75. The van der Waals surface area contributed by atoms with Gasteiger partial charge >= 0.3 is 11.9 Å². The Balaban J connectivity index is 2.30. The van der Waals surface area contributed by atoms with Gasteiger partial charge in [0.25, 0.3) is 0 Å². The van der Waals surface area contributed by atoms with Crippen molar-refractivity contribution in [1.29, 1.82) is 0 Å². The third kappa shape index (κ3) is 5.31. The van der Waals surface area contributed by atoms with Gasteiger partial charge in [-0.15, -0.1) is 0 Å². The quantitative estimate of drug-likeness (QED) is 0.738. The molecule has 0 aromatic carbocycles. The maximum absolute atomic E-state index is 11.7. The minimum Gasteiger partial charge on any atom is -0.481 e. The third-order valence-corrected chi connectivity index (χ3v) is 3.48. The number of carboxylic acids is 1. The molecule has 1 unspecified atom stereocenters. The number of ether oxygens (including phenoxy) is 1. The number of rotatable bonds is 8. The number of esters is 1. The lowest BCUT2D eigenvalue weighted by Gasteiger charge is -2.13. The van der Waals surface area contributed by atoms with Crippen molar-refractivity contribution in [3.8, 4) is 0 Å². The van der Waals surface area contributed by atoms with Crippen LogP contribution in [-0.4, -0.2) is 23.7 Å². The molecule has 0 spiro atoms. The van der Waals surface area contributed by atoms with E-state index in [1.54, 1.807) is 11.3 Å². The van der Waals surface area contributed by atoms with Crippen molar-refractivity contribution in [2.75, 3.05) is 6.61 Å². The number of carboxylic acid groups (broad SMARTS) is 1. The van der Waals surface area contributed by atoms with Gasteiger partial charge in [0, 0.05) is 0 Å². The largest absolute Gasteiger partial charge is 0.481 e. The number of hydrogen-bond donors (Lipinski definition) is 1. The first-order valence-corrected chi connectivity index (χ1v) is 6.97. The molecule has 1 aromatic heterocycles. The fourth-order valence-electron chi connectivity index (χ4n) is 1.62. The molecule has 18 heavy (non-hydrogen) atoms. The molecule has 0 aliphatic rings. The molecule has 0 amide bonds. The van der Waals surface area contributed by atoms with Gasteiger partial charge in [0.2, 0.25) is 0 Å². The Labute approximate surface area is 111 Å². The maximum atomic E-state index is 11.7. The van der Waals surface area contributed by atoms with E-state index in [-0.39, 0.29) is 24.9 Å². The van der Waals surface area contributed by atoms with Gasteiger partial charge < -0.3 is 9.84 Å². The molecule has 0 fully saturated rings. The maximum Gasteiger partial charge on any atom is 0.308 e. The Bertz CT molecular complexity index is 372. The minimum absolute atomic E-state index is 0.0386. The van der Waals surface area contributed by atoms with Crippen LogP contribution in [0.4, 0.5) is 0 Å². The monoisotopic (exact) mass is 270 g/mol. The molecule has 0 radical (unpaired) electrons. The Kier molecular flexibility index (Phi) is 6.43. The number of carbonyl (C=O) groups excluding carboxylic acids is 1. The zero-order valence-corrected chi connectivity index (χ0v) is 11.2. The Morgan fingerprint density at radius 1 is 1.50 bits per heavy atom. The summed E-state index contributed by atoms with van der Waals surface area (Å²) < 4.78 is 4.96. The van der Waals surface area contributed by atoms with Gasteiger partial charge in [0.15, 0.2) is 0 Å². The number of aryl methyl sites for hydroxylation is 1. The van der Waals surface area contributed by atoms with Crippen LogP contribution >= 0.6 is 11.3 Å². The predicted octanol–water partition coefficient (Wildman–Crippen LogP) is 2.72. The first kappa shape index (κ1) is 14.7. The van der Waals surface area contributed by atoms with E-state index in [0.29, 0.717) is 0 Å². The highest BCUT2D eigenvalue weighted by Crippen LogP contribution is 2.16. The summed E-state index contributed by atoms with van der Waals surface area (Å²) in [6.07, 6.45) is 2.19. The first-order chi connectivity index (χ1) is 8.63. The zero-order chi connectivity index (χ0) is 13.4. The first-order valence-electron chi connectivity index (χ1n) is 6.03. The van der Waals surface area contributed by atoms with Crippen molar-refractivity contribution >= 4 is 23.3 Å². The van der Waals surface area contributed by atoms with Crippen LogP contribution in [0, 0.1) is 5.92 Å². The molecule has 0 bridgehead atoms. The van der Waals surface area contributed by atoms with E-state index in [1.807, 2.05) is 18.4 Å². The van der Waals surface area contributed by atoms with Gasteiger partial charge in [-0.05, 0) is 41.7 Å². The summed E-state index contributed by atoms with van der Waals surface area (Å²) in [5.41, 5.74) is 1.23. The van der Waals surface area contributed by atoms with Crippen LogP contribution in [0.1, 0.15) is 31.7 Å². The highest BCUT2D eigenvalue weighted by molar-refractivity contribution is 7.07. The minimum atomic E-state index is -0.950. The molecular formula is C13H18O4S. The average Bonchev–Trinajstić information content (AvgIpc) is 2.82. The summed E-state index contributed by atoms with van der Waals surface area (Å²) in [5.74, 6) is -1.37. The van der Waals surface area contributed by atoms with Gasteiger partial charge in [-0.2, -0.15) is 11.3 Å². The lowest BCUT2D eigenvalue weighted by Crippen LogP contribution is -2.19. The molecule has 4 nitrogen and oxygen atoms in total. The second-order valence-corrected chi connectivity index (χ2v) is 4.87. The van der Waals surface area contributed by atoms with Crippen molar-refractivity contribution < 1.29 is 19.4 Å². The van der Waals surface area contributed by atoms with Crippen LogP contribution in [0.3, 0.4) is 0 Å². The van der Waals surface area contributed by atoms with Gasteiger partial charge in [0.1, 0.15) is 6.61 Å². The van der Waals surface area contributed by atoms with E-state index in [1.165, 1.54) is 5.56 Å². The van der Waals surface area contributed by atoms with E-state index >= 15 is 0 Å². The van der Waals surface area contributed by atoms with Crippen molar-refractivity contribution in [1.82, 2.24) is 0 Å². The molecule has 0 saturated carbocycles. The molecule has 1 N–H and O–H groups in total. The van der Waals surface area contributed by atoms with Gasteiger partial charge in [0.05, 0.1) is 12.3 Å². The Hall–Kier alpha value is -1.36. The van der Waals surface area contributed by atoms with Crippen LogP contribution in [-0.2, 0) is 20.7 Å². The fourth-order valence-corrected chi connectivity index (χ4v) is 2.32. The number of carbonyl (C=O) groups is 2. The standard InChI is InChI=1S/C13H18O4S/c1-2-11(4-3-10-6-8-18-9-10)13(16)17-7-5-12(14)15/h6,8-9,11H,2-5,7H2,1H3,(H,14,15). The summed E-state index contributed by atoms with van der Waals surface area (Å²) >= 11 is 1.64. The van der Waals surface area contributed by atoms with E-state index < -0.39 is 5.97 Å². The normalized spacial score (nSPS) is 12.1. The van der Waals surface area contributed by atoms with Crippen LogP contribution in [0.15, 0.2) is 16.8 Å². The number of hydrogen-bond acceptors (Lipinski definition) is 4. The molecule has 1 heterocycles. The Morgan fingerprint density at radius 2 is 2.28 bits per heavy atom. The van der Waals surface area contributed by atoms with Gasteiger partial charge in [-0.25, -0.2) is 0 Å². The molecule has 0 saturated heterocycles. The topological polar surface area (TPSA) is 63.6 Å². The lowest BCUT2D eigenvalue weighted by atomic mass is 9.98. The summed E-state index contributed by atoms with van der Waals surface area (Å²) in [4.78, 5) is 22.0. The van der Waals surface area contributed by atoms with E-state index in [2.05, 4.69) is 5.38 Å². The summed E-state index contributed by atoms with van der Waals surface area (Å²) in [6, 6.07) is 2.05. The second kappa shape index (κ2) is 7.87. The second-order valence-electron chi connectivity index (χ2n) is 4.09. The fraction of sp³-hybridized carbons (Fsp3) is 0.538. The highest BCUT2D eigenvalue weighted by Gasteiger charge is 2.18. The summed E-state index contributed by atoms with van der Waals surface area (Å²) in [6.45, 7) is 1.90. The molecule has 0 aliphatic carbocycles. The van der Waals surface area contributed by atoms with Crippen molar-refractivity contribution in [2.24, 2.45) is 5.92 Å². The van der Waals surface area contributed by atoms with E-state index in [0.717, 1.165) is 19.3 Å². The molecule has 5 heteroatoms. The molecule has 100 valence electrons. The predicted molar refractivity (Wildman–Crippen MR) is 69.6 cm³/mol. The van der Waals surface area contributed by atoms with Crippen LogP contribution in [0.5, 0.6) is 0 Å². The molecule has 1 rings (SSSR count). The van der Waals surface area contributed by atoms with E-state index in [9.17, 15) is 9.59 Å². The van der Waals surface area contributed by atoms with Crippen molar-refractivity contribution in [3.63, 3.8) is 0 Å². The Morgan fingerprint density at radius 3 is 2.83 bits per heavy atom. The smallest absolute Gasteiger partial charge is 0.308 e. The summed E-state index contributed by atoms with van der Waals surface area (Å²) in [7, 11) is 0. The van der Waals surface area contributed by atoms with Crippen LogP contribution < -0.4 is 0 Å². The van der Waals surface area contributed by atoms with Gasteiger partial charge in [-0.1, -0.05) is 6.92 Å². The molecule has 1 atom stereocenters. The average molecular weight is 270 g/mol. The highest BCUT2D eigenvalue weighted by atomic mass is 32.1.